The van der Waals surface area contributed by atoms with Crippen LogP contribution in [0.1, 0.15) is 0 Å². The van der Waals surface area contributed by atoms with E-state index in [9.17, 15) is 19.5 Å². The fraction of sp³-hybridized carbons (Fsp3) is 0.200. The van der Waals surface area contributed by atoms with Crippen LogP contribution in [0.4, 0.5) is 0 Å². The highest BCUT2D eigenvalue weighted by atomic mass is 32.2. The molecule has 3 unspecified atom stereocenters. The number of rotatable bonds is 9. The molecule has 1 saturated heterocycles. The van der Waals surface area contributed by atoms with E-state index in [1.807, 2.05) is 35.2 Å². The summed E-state index contributed by atoms with van der Waals surface area (Å²) in [6, 6.07) is 22.2. The fourth-order valence-electron chi connectivity index (χ4n) is 4.98. The number of amides is 1. The Hall–Kier alpha value is -4.61. The molecule has 3 aromatic carbocycles. The number of hydrogen-bond acceptors (Lipinski definition) is 8. The van der Waals surface area contributed by atoms with Gasteiger partial charge >= 0.3 is 5.97 Å². The zero-order chi connectivity index (χ0) is 28.3. The van der Waals surface area contributed by atoms with Crippen LogP contribution < -0.4 is 20.3 Å². The monoisotopic (exact) mass is 570 g/mol. The van der Waals surface area contributed by atoms with Crippen molar-refractivity contribution in [1.82, 2.24) is 20.2 Å². The van der Waals surface area contributed by atoms with Crippen LogP contribution in [0.5, 0.6) is 11.5 Å². The molecule has 208 valence electrons. The van der Waals surface area contributed by atoms with Gasteiger partial charge < -0.3 is 24.9 Å². The van der Waals surface area contributed by atoms with E-state index >= 15 is 0 Å². The number of carboxylic acids is 1. The van der Waals surface area contributed by atoms with Crippen LogP contribution in [0.3, 0.4) is 0 Å². The van der Waals surface area contributed by atoms with E-state index in [2.05, 4.69) is 15.3 Å². The Bertz CT molecular complexity index is 1690. The number of fused-ring (bicyclic) bond motifs is 2. The summed E-state index contributed by atoms with van der Waals surface area (Å²) in [5.41, 5.74) is 1.49. The van der Waals surface area contributed by atoms with E-state index in [4.69, 9.17) is 9.47 Å². The molecule has 0 radical (unpaired) electrons. The van der Waals surface area contributed by atoms with Crippen LogP contribution in [0, 0.1) is 0 Å². The van der Waals surface area contributed by atoms with Crippen molar-refractivity contribution in [3.63, 3.8) is 0 Å². The van der Waals surface area contributed by atoms with Crippen molar-refractivity contribution in [2.24, 2.45) is 0 Å². The summed E-state index contributed by atoms with van der Waals surface area (Å²) in [4.78, 5) is 46.6. The van der Waals surface area contributed by atoms with Gasteiger partial charge in [-0.25, -0.2) is 4.98 Å². The van der Waals surface area contributed by atoms with Crippen LogP contribution in [0.15, 0.2) is 94.6 Å². The highest BCUT2D eigenvalue weighted by Gasteiger charge is 2.49. The molecule has 1 aromatic heterocycles. The number of aromatic amines is 1. The first-order valence-electron chi connectivity index (χ1n) is 13.0. The van der Waals surface area contributed by atoms with Gasteiger partial charge in [-0.1, -0.05) is 42.5 Å². The van der Waals surface area contributed by atoms with Crippen molar-refractivity contribution in [1.29, 1.82) is 0 Å². The first-order valence-corrected chi connectivity index (χ1v) is 13.9. The lowest BCUT2D eigenvalue weighted by atomic mass is 9.99. The lowest BCUT2D eigenvalue weighted by Crippen LogP contribution is -2.70. The molecule has 0 bridgehead atoms. The Morgan fingerprint density at radius 1 is 1.02 bits per heavy atom. The van der Waals surface area contributed by atoms with E-state index in [1.165, 1.54) is 11.8 Å². The molecule has 0 spiro atoms. The molecule has 3 heterocycles. The summed E-state index contributed by atoms with van der Waals surface area (Å²) in [6.45, 7) is 0.303. The van der Waals surface area contributed by atoms with Gasteiger partial charge in [0.05, 0.1) is 27.9 Å². The van der Waals surface area contributed by atoms with E-state index in [-0.39, 0.29) is 36.1 Å². The number of carbonyl (C=O) groups excluding carboxylic acids is 1. The summed E-state index contributed by atoms with van der Waals surface area (Å²) in [5, 5.41) is 15.1. The maximum Gasteiger partial charge on any atom is 0.325 e. The third-order valence-corrected chi connectivity index (χ3v) is 8.28. The number of carbonyl (C=O) groups is 2. The van der Waals surface area contributed by atoms with Crippen LogP contribution in [-0.4, -0.2) is 69.1 Å². The molecule has 0 saturated carbocycles. The smallest absolute Gasteiger partial charge is 0.325 e. The zero-order valence-electron chi connectivity index (χ0n) is 21.7. The molecule has 41 heavy (non-hydrogen) atoms. The third kappa shape index (κ3) is 5.54. The Labute approximate surface area is 239 Å². The normalized spacial score (nSPS) is 19.9. The summed E-state index contributed by atoms with van der Waals surface area (Å²) in [5.74, 6) is 0.184. The van der Waals surface area contributed by atoms with E-state index in [1.54, 1.807) is 53.9 Å². The number of ether oxygens (including phenoxy) is 2. The molecule has 3 N–H and O–H groups in total. The summed E-state index contributed by atoms with van der Waals surface area (Å²) < 4.78 is 11.6. The van der Waals surface area contributed by atoms with Gasteiger partial charge in [0.25, 0.3) is 11.5 Å². The van der Waals surface area contributed by atoms with Crippen LogP contribution in [0.25, 0.3) is 22.3 Å². The van der Waals surface area contributed by atoms with Gasteiger partial charge in [-0.3, -0.25) is 19.3 Å². The Morgan fingerprint density at radius 3 is 2.61 bits per heavy atom. The molecule has 4 aromatic rings. The molecule has 6 rings (SSSR count). The summed E-state index contributed by atoms with van der Waals surface area (Å²) in [7, 11) is 0. The third-order valence-electron chi connectivity index (χ3n) is 6.96. The van der Waals surface area contributed by atoms with Gasteiger partial charge in [0.1, 0.15) is 30.0 Å². The topological polar surface area (TPSA) is 134 Å². The maximum atomic E-state index is 12.6. The maximum absolute atomic E-state index is 12.6. The van der Waals surface area contributed by atoms with Crippen LogP contribution >= 0.6 is 11.8 Å². The van der Waals surface area contributed by atoms with Gasteiger partial charge in [0, 0.05) is 12.1 Å². The van der Waals surface area contributed by atoms with Crippen molar-refractivity contribution in [2.45, 2.75) is 17.5 Å². The largest absolute Gasteiger partial charge is 0.488 e. The van der Waals surface area contributed by atoms with E-state index in [0.29, 0.717) is 45.9 Å². The van der Waals surface area contributed by atoms with Gasteiger partial charge in [-0.05, 0) is 41.8 Å². The lowest BCUT2D eigenvalue weighted by Gasteiger charge is -2.52. The summed E-state index contributed by atoms with van der Waals surface area (Å²) >= 11 is 1.45. The second kappa shape index (κ2) is 11.5. The minimum absolute atomic E-state index is 0.0317. The Morgan fingerprint density at radius 2 is 1.78 bits per heavy atom. The van der Waals surface area contributed by atoms with Crippen LogP contribution in [0.2, 0.25) is 0 Å². The molecule has 11 heteroatoms. The molecule has 2 aliphatic rings. The first-order chi connectivity index (χ1) is 20.0. The van der Waals surface area contributed by atoms with E-state index < -0.39 is 12.0 Å². The number of carboxylic acid groups (broad SMARTS) is 1. The second-order valence-corrected chi connectivity index (χ2v) is 10.6. The number of aromatic nitrogens is 2. The zero-order valence-corrected chi connectivity index (χ0v) is 22.5. The van der Waals surface area contributed by atoms with Gasteiger partial charge in [0.15, 0.2) is 6.61 Å². The average molecular weight is 571 g/mol. The standard InChI is InChI=1S/C30H26N4O6S/c35-25(16-39-19-8-2-1-3-9-19)31-23-14-34-26(30(37)38)18(17-41-29(23)34)15-40-24-13-7-5-11-21(24)27-32-22-12-6-4-10-20(22)28(36)33-27/h1-13,17,23,26,29H,14-16H2,(H,31,35)(H,37,38)(H,32,33,36). The fourth-order valence-corrected chi connectivity index (χ4v) is 6.20. The first kappa shape index (κ1) is 26.6. The molecular weight excluding hydrogens is 544 g/mol. The predicted octanol–water partition coefficient (Wildman–Crippen LogP) is 3.26. The van der Waals surface area contributed by atoms with Crippen molar-refractivity contribution in [3.05, 3.63) is 100 Å². The highest BCUT2D eigenvalue weighted by Crippen LogP contribution is 2.39. The van der Waals surface area contributed by atoms with Crippen molar-refractivity contribution >= 4 is 34.5 Å². The predicted molar refractivity (Wildman–Crippen MR) is 155 cm³/mol. The lowest BCUT2D eigenvalue weighted by molar-refractivity contribution is -0.145. The van der Waals surface area contributed by atoms with E-state index in [0.717, 1.165) is 0 Å². The van der Waals surface area contributed by atoms with Gasteiger partial charge in [-0.2, -0.15) is 0 Å². The molecule has 1 fully saturated rings. The van der Waals surface area contributed by atoms with Gasteiger partial charge in [0.2, 0.25) is 0 Å². The summed E-state index contributed by atoms with van der Waals surface area (Å²) in [6.07, 6.45) is 0. The average Bonchev–Trinajstić information content (AvgIpc) is 2.98. The quantitative estimate of drug-likeness (QED) is 0.277. The number of nitrogens with one attached hydrogen (secondary N) is 2. The van der Waals surface area contributed by atoms with Crippen molar-refractivity contribution < 1.29 is 24.2 Å². The molecule has 1 amide bonds. The molecular formula is C30H26N4O6S. The number of para-hydroxylation sites is 3. The molecule has 0 aliphatic carbocycles. The molecule has 2 aliphatic heterocycles. The number of aliphatic carboxylic acids is 1. The van der Waals surface area contributed by atoms with Crippen LogP contribution in [-0.2, 0) is 9.59 Å². The van der Waals surface area contributed by atoms with Gasteiger partial charge in [-0.15, -0.1) is 11.8 Å². The number of thioether (sulfide) groups is 1. The SMILES string of the molecule is O=C(COc1ccccc1)NC1CN2C(C(=O)O)C(COc3ccccc3-c3nc4ccccc4c(=O)[nH]3)=CSC12. The van der Waals surface area contributed by atoms with Crippen molar-refractivity contribution in [2.75, 3.05) is 19.8 Å². The Balaban J connectivity index is 1.13. The molecule has 10 nitrogen and oxygen atoms in total. The number of benzene rings is 3. The minimum atomic E-state index is -0.990. The van der Waals surface area contributed by atoms with Crippen molar-refractivity contribution in [3.8, 4) is 22.9 Å². The second-order valence-electron chi connectivity index (χ2n) is 9.65. The molecule has 3 atom stereocenters. The number of nitrogens with zero attached hydrogens (tertiary/aromatic N) is 2. The number of H-pyrrole nitrogens is 1. The minimum Gasteiger partial charge on any atom is -0.488 e. The number of hydrogen-bond donors (Lipinski definition) is 3. The Kier molecular flexibility index (Phi) is 7.45. The highest BCUT2D eigenvalue weighted by molar-refractivity contribution is 8.02.